The van der Waals surface area contributed by atoms with E-state index < -0.39 is 10.5 Å². The first-order valence-corrected chi connectivity index (χ1v) is 8.01. The Morgan fingerprint density at radius 2 is 1.77 bits per heavy atom. The second-order valence-corrected chi connectivity index (χ2v) is 5.98. The monoisotopic (exact) mass is 351 g/mol. The van der Waals surface area contributed by atoms with Crippen LogP contribution in [0.4, 0.5) is 17.1 Å². The quantitative estimate of drug-likeness (QED) is 0.326. The van der Waals surface area contributed by atoms with Gasteiger partial charge in [-0.2, -0.15) is 5.11 Å². The number of nitrogens with zero attached hydrogens (tertiary/aromatic N) is 3. The molecule has 0 saturated heterocycles. The first-order chi connectivity index (χ1) is 12.5. The molecular weight excluding hydrogens is 338 g/mol. The van der Waals surface area contributed by atoms with Crippen LogP contribution in [-0.4, -0.2) is 10.0 Å². The third-order valence-electron chi connectivity index (χ3n) is 4.42. The van der Waals surface area contributed by atoms with Gasteiger partial charge in [-0.25, -0.2) is 4.79 Å². The molecule has 3 aromatic rings. The highest BCUT2D eigenvalue weighted by Crippen LogP contribution is 2.39. The zero-order chi connectivity index (χ0) is 18.3. The predicted octanol–water partition coefficient (Wildman–Crippen LogP) is 4.31. The number of phenolic OH excluding ortho intramolecular Hbond substituents is 1. The number of phenols is 1. The Morgan fingerprint density at radius 1 is 1.04 bits per heavy atom. The van der Waals surface area contributed by atoms with Crippen molar-refractivity contribution in [2.75, 3.05) is 0 Å². The summed E-state index contributed by atoms with van der Waals surface area (Å²) in [4.78, 5) is 22.4. The topological polar surface area (TPSA) is 118 Å². The lowest BCUT2D eigenvalue weighted by Crippen LogP contribution is -2.06. The zero-order valence-corrected chi connectivity index (χ0v) is 13.5. The van der Waals surface area contributed by atoms with E-state index in [0.717, 1.165) is 23.8 Å². The van der Waals surface area contributed by atoms with E-state index in [-0.39, 0.29) is 22.7 Å². The largest absolute Gasteiger partial charge is 0.505 e. The molecule has 1 N–H and O–H groups in total. The van der Waals surface area contributed by atoms with Gasteiger partial charge in [-0.15, -0.1) is 5.11 Å². The van der Waals surface area contributed by atoms with Crippen LogP contribution in [0.25, 0.3) is 11.0 Å². The molecule has 0 spiro atoms. The van der Waals surface area contributed by atoms with Crippen molar-refractivity contribution in [3.05, 3.63) is 68.1 Å². The molecular formula is C18H13N3O5. The molecule has 130 valence electrons. The third kappa shape index (κ3) is 2.61. The molecule has 0 amide bonds. The number of aryl methyl sites for hydroxylation is 1. The van der Waals surface area contributed by atoms with Gasteiger partial charge in [0.15, 0.2) is 11.3 Å². The number of benzene rings is 2. The van der Waals surface area contributed by atoms with Crippen LogP contribution in [0.2, 0.25) is 0 Å². The van der Waals surface area contributed by atoms with Gasteiger partial charge in [0.1, 0.15) is 5.75 Å². The van der Waals surface area contributed by atoms with Crippen LogP contribution in [0.5, 0.6) is 5.75 Å². The maximum Gasteiger partial charge on any atom is 0.339 e. The molecule has 1 aromatic heterocycles. The summed E-state index contributed by atoms with van der Waals surface area (Å²) in [6.45, 7) is 0. The molecule has 0 unspecified atom stereocenters. The van der Waals surface area contributed by atoms with Crippen molar-refractivity contribution < 1.29 is 14.4 Å². The highest BCUT2D eigenvalue weighted by Gasteiger charge is 2.22. The van der Waals surface area contributed by atoms with Gasteiger partial charge >= 0.3 is 5.63 Å². The molecule has 0 atom stereocenters. The Balaban J connectivity index is 1.81. The Kier molecular flexibility index (Phi) is 3.72. The smallest absolute Gasteiger partial charge is 0.339 e. The second kappa shape index (κ2) is 6.07. The Labute approximate surface area is 146 Å². The number of nitro benzene ring substituents is 1. The van der Waals surface area contributed by atoms with Crippen LogP contribution in [-0.2, 0) is 12.8 Å². The number of rotatable bonds is 3. The van der Waals surface area contributed by atoms with E-state index >= 15 is 0 Å². The summed E-state index contributed by atoms with van der Waals surface area (Å²) in [5, 5.41) is 29.6. The normalized spacial score (nSPS) is 13.4. The number of aromatic hydroxyl groups is 1. The van der Waals surface area contributed by atoms with E-state index in [1.54, 1.807) is 6.07 Å². The lowest BCUT2D eigenvalue weighted by Gasteiger charge is -2.06. The SMILES string of the molecule is O=c1oc2c(N=Nc3ccc([N+](=O)[O-])cc3)c(O)ccc2c2c1CCC2. The van der Waals surface area contributed by atoms with Gasteiger partial charge in [-0.3, -0.25) is 10.1 Å². The summed E-state index contributed by atoms with van der Waals surface area (Å²) in [6, 6.07) is 8.71. The number of non-ortho nitro benzene ring substituents is 1. The van der Waals surface area contributed by atoms with Gasteiger partial charge in [-0.1, -0.05) is 0 Å². The molecule has 8 heteroatoms. The van der Waals surface area contributed by atoms with Crippen molar-refractivity contribution >= 4 is 28.0 Å². The van der Waals surface area contributed by atoms with Gasteiger partial charge in [0, 0.05) is 23.1 Å². The van der Waals surface area contributed by atoms with Crippen molar-refractivity contribution in [1.29, 1.82) is 0 Å². The summed E-state index contributed by atoms with van der Waals surface area (Å²) in [6.07, 6.45) is 2.36. The summed E-state index contributed by atoms with van der Waals surface area (Å²) in [5.41, 5.74) is 1.77. The fraction of sp³-hybridized carbons (Fsp3) is 0.167. The van der Waals surface area contributed by atoms with E-state index in [9.17, 15) is 20.0 Å². The molecule has 0 bridgehead atoms. The van der Waals surface area contributed by atoms with Gasteiger partial charge in [-0.05, 0) is 49.1 Å². The lowest BCUT2D eigenvalue weighted by molar-refractivity contribution is -0.384. The van der Waals surface area contributed by atoms with Gasteiger partial charge in [0.2, 0.25) is 0 Å². The van der Waals surface area contributed by atoms with E-state index in [4.69, 9.17) is 4.42 Å². The first-order valence-electron chi connectivity index (χ1n) is 8.01. The molecule has 0 radical (unpaired) electrons. The third-order valence-corrected chi connectivity index (χ3v) is 4.42. The highest BCUT2D eigenvalue weighted by molar-refractivity contribution is 5.93. The molecule has 1 heterocycles. The van der Waals surface area contributed by atoms with Crippen LogP contribution in [0.3, 0.4) is 0 Å². The molecule has 1 aliphatic carbocycles. The van der Waals surface area contributed by atoms with Crippen LogP contribution in [0, 0.1) is 10.1 Å². The lowest BCUT2D eigenvalue weighted by atomic mass is 10.1. The molecule has 4 rings (SSSR count). The molecule has 2 aromatic carbocycles. The fourth-order valence-electron chi connectivity index (χ4n) is 3.17. The number of fused-ring (bicyclic) bond motifs is 3. The molecule has 1 aliphatic rings. The maximum absolute atomic E-state index is 12.2. The Morgan fingerprint density at radius 3 is 2.50 bits per heavy atom. The van der Waals surface area contributed by atoms with Crippen molar-refractivity contribution in [3.63, 3.8) is 0 Å². The van der Waals surface area contributed by atoms with Gasteiger partial charge in [0.25, 0.3) is 5.69 Å². The average molecular weight is 351 g/mol. The summed E-state index contributed by atoms with van der Waals surface area (Å²) in [5.74, 6) is -0.163. The van der Waals surface area contributed by atoms with Gasteiger partial charge in [0.05, 0.1) is 10.6 Å². The highest BCUT2D eigenvalue weighted by atomic mass is 16.6. The van der Waals surface area contributed by atoms with E-state index in [1.807, 2.05) is 0 Å². The van der Waals surface area contributed by atoms with E-state index in [2.05, 4.69) is 10.2 Å². The van der Waals surface area contributed by atoms with E-state index in [1.165, 1.54) is 30.3 Å². The summed E-state index contributed by atoms with van der Waals surface area (Å²) >= 11 is 0. The number of hydrogen-bond acceptors (Lipinski definition) is 7. The minimum absolute atomic E-state index is 0.0569. The van der Waals surface area contributed by atoms with Crippen LogP contribution >= 0.6 is 0 Å². The molecule has 0 aliphatic heterocycles. The number of nitro groups is 1. The molecule has 26 heavy (non-hydrogen) atoms. The molecule has 0 saturated carbocycles. The van der Waals surface area contributed by atoms with Crippen LogP contribution in [0.1, 0.15) is 17.5 Å². The molecule has 0 fully saturated rings. The summed E-state index contributed by atoms with van der Waals surface area (Å²) in [7, 11) is 0. The number of azo groups is 1. The second-order valence-electron chi connectivity index (χ2n) is 5.98. The predicted molar refractivity (Wildman–Crippen MR) is 93.4 cm³/mol. The average Bonchev–Trinajstić information content (AvgIpc) is 3.12. The van der Waals surface area contributed by atoms with Crippen molar-refractivity contribution in [3.8, 4) is 5.75 Å². The zero-order valence-electron chi connectivity index (χ0n) is 13.5. The van der Waals surface area contributed by atoms with Gasteiger partial charge < -0.3 is 9.52 Å². The maximum atomic E-state index is 12.2. The fourth-order valence-corrected chi connectivity index (χ4v) is 3.17. The van der Waals surface area contributed by atoms with Crippen LogP contribution in [0.15, 0.2) is 55.8 Å². The minimum Gasteiger partial charge on any atom is -0.505 e. The first kappa shape index (κ1) is 15.9. The number of hydrogen-bond donors (Lipinski definition) is 1. The Hall–Kier alpha value is -3.55. The Bertz CT molecular complexity index is 1120. The minimum atomic E-state index is -0.507. The van der Waals surface area contributed by atoms with Crippen LogP contribution < -0.4 is 5.63 Å². The molecule has 8 nitrogen and oxygen atoms in total. The summed E-state index contributed by atoms with van der Waals surface area (Å²) < 4.78 is 5.40. The van der Waals surface area contributed by atoms with Crippen molar-refractivity contribution in [1.82, 2.24) is 0 Å². The van der Waals surface area contributed by atoms with E-state index in [0.29, 0.717) is 17.7 Å². The standard InChI is InChI=1S/C18H13N3O5/c22-15-9-8-13-12-2-1-3-14(12)18(23)26-17(13)16(15)20-19-10-4-6-11(7-5-10)21(24)25/h4-9,22H,1-3H2. The van der Waals surface area contributed by atoms with Crippen molar-refractivity contribution in [2.45, 2.75) is 19.3 Å². The van der Waals surface area contributed by atoms with Crippen molar-refractivity contribution in [2.24, 2.45) is 10.2 Å².